The zero-order valence-electron chi connectivity index (χ0n) is 16.5. The number of hydrogen-bond acceptors (Lipinski definition) is 4. The van der Waals surface area contributed by atoms with Crippen molar-refractivity contribution in [3.05, 3.63) is 29.3 Å². The zero-order chi connectivity index (χ0) is 21.1. The van der Waals surface area contributed by atoms with E-state index in [1.165, 1.54) is 12.1 Å². The number of imide groups is 1. The fraction of sp³-hybridized carbons (Fsp3) is 0.571. The first-order valence-electron chi connectivity index (χ1n) is 10.1. The highest BCUT2D eigenvalue weighted by Gasteiger charge is 2.73. The number of carboxylic acids is 1. The van der Waals surface area contributed by atoms with Crippen molar-refractivity contribution in [2.45, 2.75) is 57.5 Å². The number of carbonyl (C=O) groups excluding carboxylic acids is 2. The lowest BCUT2D eigenvalue weighted by molar-refractivity contribution is -0.670. The number of nitrogens with zero attached hydrogens (tertiary/aromatic N) is 2. The summed E-state index contributed by atoms with van der Waals surface area (Å²) >= 11 is 0. The number of rotatable bonds is 3. The molecule has 3 aliphatic heterocycles. The number of hydrogen-bond donors (Lipinski definition) is 1. The standard InChI is InChI=1S/C21H24F2N2O4/c1-11-12(2)25(11)18(26)4-3-15(20(25)27)19-16(22)9-14(10-17(19)23)24-7-5-13(6-8-24)21(28)29/h9-13,15H,3-8H2,1-2H3/p+1/t11-,12?,15?,25?/m0/s1. The Morgan fingerprint density at radius 2 is 1.62 bits per heavy atom. The van der Waals surface area contributed by atoms with Gasteiger partial charge in [0.05, 0.1) is 12.3 Å². The average molecular weight is 407 g/mol. The first-order valence-corrected chi connectivity index (χ1v) is 10.1. The molecule has 0 saturated carbocycles. The molecule has 29 heavy (non-hydrogen) atoms. The smallest absolute Gasteiger partial charge is 0.329 e. The predicted molar refractivity (Wildman–Crippen MR) is 100 cm³/mol. The van der Waals surface area contributed by atoms with E-state index in [1.54, 1.807) is 4.90 Å². The third-order valence-corrected chi connectivity index (χ3v) is 7.24. The molecular formula is C21H25F2N2O4+. The van der Waals surface area contributed by atoms with E-state index in [0.29, 0.717) is 31.6 Å². The van der Waals surface area contributed by atoms with Crippen molar-refractivity contribution in [2.24, 2.45) is 5.92 Å². The molecule has 0 radical (unpaired) electrons. The number of halogens is 2. The van der Waals surface area contributed by atoms with Gasteiger partial charge in [0.25, 0.3) is 0 Å². The summed E-state index contributed by atoms with van der Waals surface area (Å²) in [6.07, 6.45) is 1.08. The van der Waals surface area contributed by atoms with Crippen molar-refractivity contribution in [2.75, 3.05) is 18.0 Å². The van der Waals surface area contributed by atoms with Crippen LogP contribution in [0.15, 0.2) is 12.1 Å². The van der Waals surface area contributed by atoms with Gasteiger partial charge in [0.15, 0.2) is 12.1 Å². The van der Waals surface area contributed by atoms with Crippen molar-refractivity contribution < 1.29 is 32.8 Å². The second-order valence-electron chi connectivity index (χ2n) is 8.50. The normalized spacial score (nSPS) is 32.7. The van der Waals surface area contributed by atoms with Crippen LogP contribution in [0.2, 0.25) is 0 Å². The first kappa shape index (κ1) is 19.9. The molecule has 4 atom stereocenters. The van der Waals surface area contributed by atoms with Crippen molar-refractivity contribution in [3.8, 4) is 0 Å². The molecule has 1 aromatic carbocycles. The molecule has 3 fully saturated rings. The van der Waals surface area contributed by atoms with E-state index in [-0.39, 0.29) is 40.9 Å². The van der Waals surface area contributed by atoms with Crippen LogP contribution in [0, 0.1) is 17.6 Å². The Labute approximate surface area is 167 Å². The highest BCUT2D eigenvalue weighted by Crippen LogP contribution is 2.49. The van der Waals surface area contributed by atoms with Crippen LogP contribution >= 0.6 is 0 Å². The Hall–Kier alpha value is -2.35. The summed E-state index contributed by atoms with van der Waals surface area (Å²) in [7, 11) is 0. The van der Waals surface area contributed by atoms with Crippen LogP contribution in [0.1, 0.15) is 51.0 Å². The molecule has 4 rings (SSSR count). The zero-order valence-corrected chi connectivity index (χ0v) is 16.5. The van der Waals surface area contributed by atoms with Gasteiger partial charge in [-0.2, -0.15) is 4.48 Å². The minimum atomic E-state index is -0.966. The molecule has 6 nitrogen and oxygen atoms in total. The van der Waals surface area contributed by atoms with Crippen molar-refractivity contribution >= 4 is 23.5 Å². The molecule has 0 aromatic heterocycles. The van der Waals surface area contributed by atoms with Crippen molar-refractivity contribution in [1.82, 2.24) is 0 Å². The molecule has 1 N–H and O–H groups in total. The van der Waals surface area contributed by atoms with Gasteiger partial charge in [0, 0.05) is 24.3 Å². The van der Waals surface area contributed by atoms with Gasteiger partial charge in [-0.1, -0.05) is 0 Å². The van der Waals surface area contributed by atoms with Crippen LogP contribution in [0.5, 0.6) is 0 Å². The van der Waals surface area contributed by atoms with E-state index in [1.807, 2.05) is 13.8 Å². The van der Waals surface area contributed by atoms with E-state index < -0.39 is 35.3 Å². The van der Waals surface area contributed by atoms with E-state index >= 15 is 0 Å². The van der Waals surface area contributed by atoms with Crippen LogP contribution in [0.4, 0.5) is 14.5 Å². The Morgan fingerprint density at radius 1 is 1.07 bits per heavy atom. The third kappa shape index (κ3) is 2.87. The topological polar surface area (TPSA) is 74.7 Å². The van der Waals surface area contributed by atoms with Crippen LogP contribution in [0.3, 0.4) is 0 Å². The summed E-state index contributed by atoms with van der Waals surface area (Å²) in [6.45, 7) is 4.45. The number of carboxylic acid groups (broad SMARTS) is 1. The van der Waals surface area contributed by atoms with Gasteiger partial charge in [0.2, 0.25) is 0 Å². The van der Waals surface area contributed by atoms with Crippen LogP contribution in [-0.4, -0.2) is 52.5 Å². The molecule has 3 saturated heterocycles. The fourth-order valence-corrected chi connectivity index (χ4v) is 5.24. The molecule has 3 unspecified atom stereocenters. The maximum absolute atomic E-state index is 15.0. The van der Waals surface area contributed by atoms with Gasteiger partial charge in [0.1, 0.15) is 17.6 Å². The molecule has 0 bridgehead atoms. The van der Waals surface area contributed by atoms with Gasteiger partial charge in [-0.25, -0.2) is 18.4 Å². The number of carbonyl (C=O) groups is 3. The lowest BCUT2D eigenvalue weighted by Gasteiger charge is -2.32. The summed E-state index contributed by atoms with van der Waals surface area (Å²) in [5, 5.41) is 9.10. The maximum Gasteiger partial charge on any atom is 0.329 e. The monoisotopic (exact) mass is 407 g/mol. The fourth-order valence-electron chi connectivity index (χ4n) is 5.24. The average Bonchev–Trinajstić information content (AvgIpc) is 3.23. The Balaban J connectivity index is 1.59. The summed E-state index contributed by atoms with van der Waals surface area (Å²) in [5.74, 6) is -4.39. The van der Waals surface area contributed by atoms with Crippen LogP contribution in [-0.2, 0) is 14.4 Å². The second-order valence-corrected chi connectivity index (χ2v) is 8.50. The quantitative estimate of drug-likeness (QED) is 0.474. The number of aliphatic carboxylic acids is 1. The minimum absolute atomic E-state index is 0.119. The SMILES string of the molecule is CC1[C@H](C)[N+]12C(=O)CCC(c1c(F)cc(N3CCC(C(=O)O)CC3)cc1F)C2=O. The number of quaternary nitrogens is 1. The van der Waals surface area contributed by atoms with Gasteiger partial charge in [-0.15, -0.1) is 0 Å². The summed E-state index contributed by atoms with van der Waals surface area (Å²) in [5.41, 5.74) is 0.0970. The highest BCUT2D eigenvalue weighted by atomic mass is 19.1. The van der Waals surface area contributed by atoms with Gasteiger partial charge in [-0.05, 0) is 45.2 Å². The molecular weight excluding hydrogens is 382 g/mol. The lowest BCUT2D eigenvalue weighted by Crippen LogP contribution is -2.49. The number of amides is 2. The van der Waals surface area contributed by atoms with Gasteiger partial charge in [-0.3, -0.25) is 4.79 Å². The Kier molecular flexibility index (Phi) is 4.72. The van der Waals surface area contributed by atoms with Crippen LogP contribution < -0.4 is 4.90 Å². The van der Waals surface area contributed by atoms with E-state index in [2.05, 4.69) is 0 Å². The van der Waals surface area contributed by atoms with Crippen molar-refractivity contribution in [1.29, 1.82) is 0 Å². The largest absolute Gasteiger partial charge is 0.481 e. The summed E-state index contributed by atoms with van der Waals surface area (Å²) < 4.78 is 29.7. The maximum atomic E-state index is 15.0. The lowest BCUT2D eigenvalue weighted by atomic mass is 9.87. The Morgan fingerprint density at radius 3 is 2.10 bits per heavy atom. The molecule has 3 heterocycles. The van der Waals surface area contributed by atoms with Crippen LogP contribution in [0.25, 0.3) is 0 Å². The van der Waals surface area contributed by atoms with Gasteiger partial charge >= 0.3 is 17.8 Å². The molecule has 1 aromatic rings. The van der Waals surface area contributed by atoms with Gasteiger partial charge < -0.3 is 10.0 Å². The summed E-state index contributed by atoms with van der Waals surface area (Å²) in [4.78, 5) is 38.3. The second kappa shape index (κ2) is 6.86. The number of benzene rings is 1. The van der Waals surface area contributed by atoms with E-state index in [0.717, 1.165) is 0 Å². The predicted octanol–water partition coefficient (Wildman–Crippen LogP) is 2.80. The van der Waals surface area contributed by atoms with E-state index in [9.17, 15) is 23.2 Å². The molecule has 1 spiro atoms. The molecule has 2 amide bonds. The summed E-state index contributed by atoms with van der Waals surface area (Å²) in [6, 6.07) is 2.14. The molecule has 156 valence electrons. The number of piperidine rings is 2. The third-order valence-electron chi connectivity index (χ3n) is 7.24. The number of anilines is 1. The molecule has 3 aliphatic rings. The van der Waals surface area contributed by atoms with E-state index in [4.69, 9.17) is 5.11 Å². The Bertz CT molecular complexity index is 864. The molecule has 0 aliphatic carbocycles. The highest BCUT2D eigenvalue weighted by molar-refractivity contribution is 5.94. The first-order chi connectivity index (χ1) is 13.7. The minimum Gasteiger partial charge on any atom is -0.481 e. The molecule has 8 heteroatoms. The van der Waals surface area contributed by atoms with Crippen molar-refractivity contribution in [3.63, 3.8) is 0 Å².